The fraction of sp³-hybridized carbons (Fsp3) is 0.611. The lowest BCUT2D eigenvalue weighted by Crippen LogP contribution is -2.07. The minimum Gasteiger partial charge on any atom is -0.299 e. The number of rotatable bonds is 3. The van der Waals surface area contributed by atoms with Crippen molar-refractivity contribution in [1.29, 1.82) is 0 Å². The molecule has 100 valence electrons. The van der Waals surface area contributed by atoms with Crippen LogP contribution < -0.4 is 0 Å². The largest absolute Gasteiger partial charge is 0.299 e. The van der Waals surface area contributed by atoms with Crippen LogP contribution in [0.2, 0.25) is 0 Å². The van der Waals surface area contributed by atoms with Crippen molar-refractivity contribution in [1.82, 2.24) is 0 Å². The van der Waals surface area contributed by atoms with Gasteiger partial charge in [-0.15, -0.1) is 0 Å². The zero-order chi connectivity index (χ0) is 12.8. The first-order valence-corrected chi connectivity index (χ1v) is 7.96. The van der Waals surface area contributed by atoms with Gasteiger partial charge in [0.15, 0.2) is 0 Å². The molecule has 3 aliphatic carbocycles. The minimum absolute atomic E-state index is 0.427. The average molecular weight is 254 g/mol. The zero-order valence-electron chi connectivity index (χ0n) is 11.5. The molecule has 4 rings (SSSR count). The third kappa shape index (κ3) is 2.04. The standard InChI is InChI=1S/C18H22O/c19-17(18-15-6-1-2-7-16(15)18)11-12-8-9-13-4-3-5-14(13)10-12/h8-10,15-16,18H,1-7,11H2. The van der Waals surface area contributed by atoms with Crippen molar-refractivity contribution in [2.45, 2.75) is 51.4 Å². The van der Waals surface area contributed by atoms with E-state index in [1.807, 2.05) is 0 Å². The number of aryl methyl sites for hydroxylation is 2. The van der Waals surface area contributed by atoms with E-state index in [1.54, 1.807) is 0 Å². The fourth-order valence-corrected chi connectivity index (χ4v) is 4.52. The highest BCUT2D eigenvalue weighted by molar-refractivity contribution is 5.86. The van der Waals surface area contributed by atoms with Crippen LogP contribution in [0.25, 0.3) is 0 Å². The first kappa shape index (κ1) is 11.7. The number of carbonyl (C=O) groups is 1. The summed E-state index contributed by atoms with van der Waals surface area (Å²) >= 11 is 0. The normalized spacial score (nSPS) is 31.7. The first-order valence-electron chi connectivity index (χ1n) is 7.96. The monoisotopic (exact) mass is 254 g/mol. The number of carbonyl (C=O) groups excluding carboxylic acids is 1. The Balaban J connectivity index is 1.45. The summed E-state index contributed by atoms with van der Waals surface area (Å²) in [5.41, 5.74) is 4.27. The Bertz CT molecular complexity index is 504. The van der Waals surface area contributed by atoms with Crippen molar-refractivity contribution in [2.24, 2.45) is 17.8 Å². The Morgan fingerprint density at radius 2 is 1.74 bits per heavy atom. The Kier molecular flexibility index (Phi) is 2.75. The van der Waals surface area contributed by atoms with Crippen LogP contribution in [0.1, 0.15) is 48.8 Å². The third-order valence-corrected chi connectivity index (χ3v) is 5.57. The van der Waals surface area contributed by atoms with E-state index in [2.05, 4.69) is 18.2 Å². The zero-order valence-corrected chi connectivity index (χ0v) is 11.5. The number of benzene rings is 1. The van der Waals surface area contributed by atoms with Gasteiger partial charge in [-0.1, -0.05) is 31.0 Å². The van der Waals surface area contributed by atoms with E-state index < -0.39 is 0 Å². The number of ketones is 1. The number of hydrogen-bond acceptors (Lipinski definition) is 1. The Labute approximate surface area is 115 Å². The third-order valence-electron chi connectivity index (χ3n) is 5.57. The average Bonchev–Trinajstić information content (AvgIpc) is 2.98. The molecule has 0 spiro atoms. The number of Topliss-reactive ketones (excluding diaryl/α,β-unsaturated/α-hetero) is 1. The molecule has 1 heteroatoms. The molecule has 1 aromatic carbocycles. The molecule has 0 heterocycles. The molecule has 2 unspecified atom stereocenters. The van der Waals surface area contributed by atoms with Crippen LogP contribution in [0, 0.1) is 17.8 Å². The number of hydrogen-bond donors (Lipinski definition) is 0. The van der Waals surface area contributed by atoms with Crippen LogP contribution in [-0.2, 0) is 24.1 Å². The van der Waals surface area contributed by atoms with E-state index in [-0.39, 0.29) is 0 Å². The Morgan fingerprint density at radius 3 is 2.53 bits per heavy atom. The molecule has 19 heavy (non-hydrogen) atoms. The van der Waals surface area contributed by atoms with Gasteiger partial charge in [-0.25, -0.2) is 0 Å². The second-order valence-corrected chi connectivity index (χ2v) is 6.74. The van der Waals surface area contributed by atoms with Crippen molar-refractivity contribution in [3.63, 3.8) is 0 Å². The van der Waals surface area contributed by atoms with Gasteiger partial charge in [0.2, 0.25) is 0 Å². The maximum atomic E-state index is 12.4. The fourth-order valence-electron chi connectivity index (χ4n) is 4.52. The van der Waals surface area contributed by atoms with Gasteiger partial charge in [-0.3, -0.25) is 4.79 Å². The van der Waals surface area contributed by atoms with E-state index in [0.29, 0.717) is 18.1 Å². The molecule has 0 bridgehead atoms. The molecule has 2 atom stereocenters. The molecular formula is C18H22O. The molecule has 0 aromatic heterocycles. The molecule has 1 aromatic rings. The van der Waals surface area contributed by atoms with Crippen LogP contribution in [0.15, 0.2) is 18.2 Å². The lowest BCUT2D eigenvalue weighted by molar-refractivity contribution is -0.120. The molecule has 1 nitrogen and oxygen atoms in total. The van der Waals surface area contributed by atoms with Crippen LogP contribution in [-0.4, -0.2) is 5.78 Å². The highest BCUT2D eigenvalue weighted by atomic mass is 16.1. The van der Waals surface area contributed by atoms with E-state index in [9.17, 15) is 4.79 Å². The summed E-state index contributed by atoms with van der Waals surface area (Å²) in [7, 11) is 0. The van der Waals surface area contributed by atoms with Crippen LogP contribution in [0.4, 0.5) is 0 Å². The summed E-state index contributed by atoms with van der Waals surface area (Å²) in [6, 6.07) is 6.74. The van der Waals surface area contributed by atoms with E-state index in [4.69, 9.17) is 0 Å². The van der Waals surface area contributed by atoms with Crippen molar-refractivity contribution in [3.05, 3.63) is 34.9 Å². The first-order chi connectivity index (χ1) is 9.33. The van der Waals surface area contributed by atoms with Gasteiger partial charge in [0.1, 0.15) is 5.78 Å². The summed E-state index contributed by atoms with van der Waals surface area (Å²) in [6.45, 7) is 0. The highest BCUT2D eigenvalue weighted by Gasteiger charge is 2.53. The molecule has 0 amide bonds. The quantitative estimate of drug-likeness (QED) is 0.803. The van der Waals surface area contributed by atoms with Crippen molar-refractivity contribution in [3.8, 4) is 0 Å². The van der Waals surface area contributed by atoms with Gasteiger partial charge in [0, 0.05) is 12.3 Å². The van der Waals surface area contributed by atoms with E-state index >= 15 is 0 Å². The molecule has 2 fully saturated rings. The maximum Gasteiger partial charge on any atom is 0.140 e. The minimum atomic E-state index is 0.427. The Hall–Kier alpha value is -1.11. The van der Waals surface area contributed by atoms with Crippen molar-refractivity contribution in [2.75, 3.05) is 0 Å². The molecule has 0 radical (unpaired) electrons. The van der Waals surface area contributed by atoms with Crippen LogP contribution >= 0.6 is 0 Å². The topological polar surface area (TPSA) is 17.1 Å². The van der Waals surface area contributed by atoms with Crippen LogP contribution in [0.5, 0.6) is 0 Å². The summed E-state index contributed by atoms with van der Waals surface area (Å²) in [5.74, 6) is 2.47. The molecular weight excluding hydrogens is 232 g/mol. The Morgan fingerprint density at radius 1 is 1.00 bits per heavy atom. The number of fused-ring (bicyclic) bond motifs is 2. The second-order valence-electron chi connectivity index (χ2n) is 6.74. The molecule has 0 saturated heterocycles. The highest BCUT2D eigenvalue weighted by Crippen LogP contribution is 2.56. The molecule has 0 aliphatic heterocycles. The van der Waals surface area contributed by atoms with Gasteiger partial charge in [0.25, 0.3) is 0 Å². The molecule has 2 saturated carbocycles. The van der Waals surface area contributed by atoms with Gasteiger partial charge in [-0.05, 0) is 60.6 Å². The summed E-state index contributed by atoms with van der Waals surface area (Å²) in [4.78, 5) is 12.4. The van der Waals surface area contributed by atoms with E-state index in [1.165, 1.54) is 61.6 Å². The summed E-state index contributed by atoms with van der Waals surface area (Å²) in [5, 5.41) is 0. The van der Waals surface area contributed by atoms with Gasteiger partial charge < -0.3 is 0 Å². The lowest BCUT2D eigenvalue weighted by Gasteiger charge is -2.04. The van der Waals surface area contributed by atoms with Crippen molar-refractivity contribution >= 4 is 5.78 Å². The summed E-state index contributed by atoms with van der Waals surface area (Å²) in [6.07, 6.45) is 9.75. The van der Waals surface area contributed by atoms with E-state index in [0.717, 1.165) is 11.8 Å². The van der Waals surface area contributed by atoms with Crippen molar-refractivity contribution < 1.29 is 4.79 Å². The maximum absolute atomic E-state index is 12.4. The smallest absolute Gasteiger partial charge is 0.140 e. The van der Waals surface area contributed by atoms with Gasteiger partial charge >= 0.3 is 0 Å². The predicted molar refractivity (Wildman–Crippen MR) is 76.1 cm³/mol. The predicted octanol–water partition coefficient (Wildman–Crippen LogP) is 3.72. The van der Waals surface area contributed by atoms with Crippen LogP contribution in [0.3, 0.4) is 0 Å². The van der Waals surface area contributed by atoms with Gasteiger partial charge in [0.05, 0.1) is 0 Å². The molecule has 3 aliphatic rings. The molecule has 0 N–H and O–H groups in total. The SMILES string of the molecule is O=C(Cc1ccc2c(c1)CCC2)C1C2CCCCC21. The van der Waals surface area contributed by atoms with Gasteiger partial charge in [-0.2, -0.15) is 0 Å². The summed E-state index contributed by atoms with van der Waals surface area (Å²) < 4.78 is 0. The lowest BCUT2D eigenvalue weighted by atomic mass is 10.0. The second kappa shape index (κ2) is 4.47.